The second-order valence-corrected chi connectivity index (χ2v) is 6.75. The molecule has 0 aliphatic rings. The van der Waals surface area contributed by atoms with E-state index in [1.165, 1.54) is 5.56 Å². The fourth-order valence-corrected chi connectivity index (χ4v) is 3.43. The molecular weight excluding hydrogens is 346 g/mol. The Morgan fingerprint density at radius 2 is 1.85 bits per heavy atom. The molecule has 1 aromatic heterocycles. The predicted molar refractivity (Wildman–Crippen MR) is 103 cm³/mol. The summed E-state index contributed by atoms with van der Waals surface area (Å²) in [5.74, 6) is 2.52. The third-order valence-electron chi connectivity index (χ3n) is 3.91. The molecule has 134 valence electrons. The largest absolute Gasteiger partial charge is 0.493 e. The molecule has 0 bridgehead atoms. The summed E-state index contributed by atoms with van der Waals surface area (Å²) in [6, 6.07) is 17.4. The molecule has 0 aliphatic carbocycles. The zero-order valence-corrected chi connectivity index (χ0v) is 15.5. The van der Waals surface area contributed by atoms with Crippen LogP contribution in [0.3, 0.4) is 0 Å². The van der Waals surface area contributed by atoms with Crippen LogP contribution in [-0.2, 0) is 13.0 Å². The van der Waals surface area contributed by atoms with E-state index in [1.807, 2.05) is 18.2 Å². The normalized spacial score (nSPS) is 10.7. The van der Waals surface area contributed by atoms with Gasteiger partial charge in [0.2, 0.25) is 0 Å². The van der Waals surface area contributed by atoms with Crippen LogP contribution in [0.25, 0.3) is 0 Å². The van der Waals surface area contributed by atoms with Gasteiger partial charge >= 0.3 is 0 Å². The summed E-state index contributed by atoms with van der Waals surface area (Å²) >= 11 is 1.64. The Hall–Kier alpha value is -2.60. The average molecular weight is 367 g/mol. The lowest BCUT2D eigenvalue weighted by molar-refractivity contribution is 0.112. The van der Waals surface area contributed by atoms with E-state index < -0.39 is 0 Å². The Kier molecular flexibility index (Phi) is 6.44. The summed E-state index contributed by atoms with van der Waals surface area (Å²) in [6.07, 6.45) is 1.60. The molecule has 3 rings (SSSR count). The Bertz CT molecular complexity index is 832. The lowest BCUT2D eigenvalue weighted by Crippen LogP contribution is -2.06. The minimum absolute atomic E-state index is 0.565. The van der Waals surface area contributed by atoms with Crippen molar-refractivity contribution in [3.63, 3.8) is 0 Å². The summed E-state index contributed by atoms with van der Waals surface area (Å²) < 4.78 is 7.86. The van der Waals surface area contributed by atoms with E-state index in [-0.39, 0.29) is 0 Å². The molecule has 0 unspecified atom stereocenters. The number of benzene rings is 2. The summed E-state index contributed by atoms with van der Waals surface area (Å²) in [5.41, 5.74) is 1.88. The van der Waals surface area contributed by atoms with Gasteiger partial charge in [0.05, 0.1) is 6.61 Å². The second-order valence-electron chi connectivity index (χ2n) is 5.69. The van der Waals surface area contributed by atoms with Crippen LogP contribution in [0.5, 0.6) is 5.75 Å². The van der Waals surface area contributed by atoms with Gasteiger partial charge in [-0.2, -0.15) is 0 Å². The first-order valence-corrected chi connectivity index (χ1v) is 9.55. The third kappa shape index (κ3) is 4.73. The molecule has 0 atom stereocenters. The zero-order chi connectivity index (χ0) is 18.2. The molecule has 6 heteroatoms. The maximum Gasteiger partial charge on any atom is 0.191 e. The van der Waals surface area contributed by atoms with Crippen molar-refractivity contribution in [1.29, 1.82) is 0 Å². The number of carbonyl (C=O) groups is 1. The van der Waals surface area contributed by atoms with Crippen molar-refractivity contribution in [3.8, 4) is 5.75 Å². The van der Waals surface area contributed by atoms with Crippen LogP contribution in [0, 0.1) is 0 Å². The van der Waals surface area contributed by atoms with E-state index in [0.717, 1.165) is 41.7 Å². The predicted octanol–water partition coefficient (Wildman–Crippen LogP) is 3.87. The van der Waals surface area contributed by atoms with Crippen molar-refractivity contribution in [2.24, 2.45) is 0 Å². The van der Waals surface area contributed by atoms with Gasteiger partial charge in [-0.3, -0.25) is 4.79 Å². The zero-order valence-electron chi connectivity index (χ0n) is 14.7. The first-order valence-electron chi connectivity index (χ1n) is 8.57. The van der Waals surface area contributed by atoms with Gasteiger partial charge in [-0.15, -0.1) is 10.2 Å². The average Bonchev–Trinajstić information content (AvgIpc) is 3.08. The summed E-state index contributed by atoms with van der Waals surface area (Å²) in [4.78, 5) is 10.7. The number of aldehydes is 1. The van der Waals surface area contributed by atoms with Crippen molar-refractivity contribution in [1.82, 2.24) is 14.8 Å². The van der Waals surface area contributed by atoms with Crippen molar-refractivity contribution in [2.75, 3.05) is 12.4 Å². The number of rotatable bonds is 9. The van der Waals surface area contributed by atoms with Gasteiger partial charge < -0.3 is 9.30 Å². The fourth-order valence-electron chi connectivity index (χ4n) is 2.59. The highest BCUT2D eigenvalue weighted by Gasteiger charge is 2.11. The van der Waals surface area contributed by atoms with Crippen LogP contribution in [0.1, 0.15) is 28.7 Å². The molecule has 26 heavy (non-hydrogen) atoms. The van der Waals surface area contributed by atoms with Crippen molar-refractivity contribution in [2.45, 2.75) is 25.0 Å². The minimum atomic E-state index is 0.565. The van der Waals surface area contributed by atoms with Crippen molar-refractivity contribution in [3.05, 3.63) is 71.5 Å². The van der Waals surface area contributed by atoms with E-state index in [9.17, 15) is 4.79 Å². The van der Waals surface area contributed by atoms with E-state index >= 15 is 0 Å². The number of nitrogens with zero attached hydrogens (tertiary/aromatic N) is 3. The molecule has 0 aliphatic heterocycles. The van der Waals surface area contributed by atoms with Gasteiger partial charge in [-0.05, 0) is 36.8 Å². The first kappa shape index (κ1) is 18.2. The quantitative estimate of drug-likeness (QED) is 0.326. The number of carbonyl (C=O) groups excluding carboxylic acids is 1. The number of aromatic nitrogens is 3. The van der Waals surface area contributed by atoms with E-state index in [2.05, 4.69) is 33.8 Å². The van der Waals surface area contributed by atoms with Crippen LogP contribution in [-0.4, -0.2) is 33.4 Å². The number of hydrogen-bond donors (Lipinski definition) is 0. The first-order chi connectivity index (χ1) is 12.8. The summed E-state index contributed by atoms with van der Waals surface area (Å²) in [5, 5.41) is 9.60. The molecule has 0 saturated carbocycles. The number of thioether (sulfide) groups is 1. The van der Waals surface area contributed by atoms with Crippen molar-refractivity contribution < 1.29 is 9.53 Å². The fraction of sp³-hybridized carbons (Fsp3) is 0.250. The maximum atomic E-state index is 10.7. The molecule has 5 nitrogen and oxygen atoms in total. The molecule has 3 aromatic rings. The van der Waals surface area contributed by atoms with Crippen LogP contribution in [0.2, 0.25) is 0 Å². The lowest BCUT2D eigenvalue weighted by atomic mass is 10.1. The van der Waals surface area contributed by atoms with E-state index in [0.29, 0.717) is 12.2 Å². The van der Waals surface area contributed by atoms with E-state index in [1.54, 1.807) is 36.0 Å². The molecule has 0 radical (unpaired) electrons. The van der Waals surface area contributed by atoms with Gasteiger partial charge in [0.15, 0.2) is 5.16 Å². The Morgan fingerprint density at radius 3 is 2.54 bits per heavy atom. The molecule has 0 fully saturated rings. The molecule has 1 heterocycles. The third-order valence-corrected chi connectivity index (χ3v) is 4.85. The monoisotopic (exact) mass is 367 g/mol. The Morgan fingerprint density at radius 1 is 1.08 bits per heavy atom. The SMILES string of the molecule is CCn1c(Cc2ccccc2)nnc1SCCOc1ccc(C=O)cc1. The molecule has 0 N–H and O–H groups in total. The smallest absolute Gasteiger partial charge is 0.191 e. The Balaban J connectivity index is 1.53. The molecule has 0 saturated heterocycles. The summed E-state index contributed by atoms with van der Waals surface area (Å²) in [6.45, 7) is 3.51. The minimum Gasteiger partial charge on any atom is -0.493 e. The standard InChI is InChI=1S/C20H21N3O2S/c1-2-23-19(14-16-6-4-3-5-7-16)21-22-20(23)26-13-12-25-18-10-8-17(15-24)9-11-18/h3-11,15H,2,12-14H2,1H3. The van der Waals surface area contributed by atoms with Crippen LogP contribution in [0.15, 0.2) is 59.8 Å². The van der Waals surface area contributed by atoms with Crippen LogP contribution >= 0.6 is 11.8 Å². The topological polar surface area (TPSA) is 57.0 Å². The van der Waals surface area contributed by atoms with Gasteiger partial charge in [0.25, 0.3) is 0 Å². The number of hydrogen-bond acceptors (Lipinski definition) is 5. The lowest BCUT2D eigenvalue weighted by Gasteiger charge is -2.08. The Labute approximate surface area is 157 Å². The maximum absolute atomic E-state index is 10.7. The molecule has 2 aromatic carbocycles. The van der Waals surface area contributed by atoms with Crippen molar-refractivity contribution >= 4 is 18.0 Å². The van der Waals surface area contributed by atoms with Gasteiger partial charge in [-0.1, -0.05) is 42.1 Å². The highest BCUT2D eigenvalue weighted by molar-refractivity contribution is 7.99. The van der Waals surface area contributed by atoms with Gasteiger partial charge in [-0.25, -0.2) is 0 Å². The molecular formula is C20H21N3O2S. The molecule has 0 spiro atoms. The highest BCUT2D eigenvalue weighted by Crippen LogP contribution is 2.19. The van der Waals surface area contributed by atoms with Gasteiger partial charge in [0, 0.05) is 24.3 Å². The van der Waals surface area contributed by atoms with E-state index in [4.69, 9.17) is 4.74 Å². The number of ether oxygens (including phenoxy) is 1. The summed E-state index contributed by atoms with van der Waals surface area (Å²) in [7, 11) is 0. The molecule has 0 amide bonds. The van der Waals surface area contributed by atoms with Crippen LogP contribution in [0.4, 0.5) is 0 Å². The second kappa shape index (κ2) is 9.20. The highest BCUT2D eigenvalue weighted by atomic mass is 32.2. The van der Waals surface area contributed by atoms with Gasteiger partial charge in [0.1, 0.15) is 17.9 Å². The van der Waals surface area contributed by atoms with Crippen LogP contribution < -0.4 is 4.74 Å².